The minimum absolute atomic E-state index is 0.197. The first-order valence-electron chi connectivity index (χ1n) is 9.80. The topological polar surface area (TPSA) is 65.2 Å². The van der Waals surface area contributed by atoms with Crippen molar-refractivity contribution in [3.05, 3.63) is 81.6 Å². The van der Waals surface area contributed by atoms with Crippen molar-refractivity contribution in [2.75, 3.05) is 26.2 Å². The number of para-hydroxylation sites is 1. The fourth-order valence-electron chi connectivity index (χ4n) is 4.15. The number of aromatic nitrogens is 1. The maximum Gasteiger partial charge on any atom is 0.252 e. The number of fused-ring (bicyclic) bond motifs is 1. The summed E-state index contributed by atoms with van der Waals surface area (Å²) in [5.41, 5.74) is 3.64. The predicted molar refractivity (Wildman–Crippen MR) is 112 cm³/mol. The molecule has 0 aliphatic carbocycles. The van der Waals surface area contributed by atoms with Gasteiger partial charge in [-0.15, -0.1) is 0 Å². The predicted octanol–water partition coefficient (Wildman–Crippen LogP) is 3.06. The van der Waals surface area contributed by atoms with Crippen LogP contribution in [-0.4, -0.2) is 42.0 Å². The van der Waals surface area contributed by atoms with E-state index in [1.54, 1.807) is 0 Å². The van der Waals surface area contributed by atoms with E-state index in [1.807, 2.05) is 24.3 Å². The first-order valence-corrected chi connectivity index (χ1v) is 9.80. The van der Waals surface area contributed by atoms with Crippen molar-refractivity contribution in [2.45, 2.75) is 19.3 Å². The molecule has 0 saturated carbocycles. The summed E-state index contributed by atoms with van der Waals surface area (Å²) in [4.78, 5) is 29.6. The molecule has 1 amide bonds. The molecule has 5 heteroatoms. The highest BCUT2D eigenvalue weighted by Gasteiger charge is 2.24. The van der Waals surface area contributed by atoms with Crippen molar-refractivity contribution < 1.29 is 4.79 Å². The summed E-state index contributed by atoms with van der Waals surface area (Å²) in [6.45, 7) is 5.62. The van der Waals surface area contributed by atoms with Crippen LogP contribution in [0.25, 0.3) is 10.9 Å². The quantitative estimate of drug-likeness (QED) is 0.720. The van der Waals surface area contributed by atoms with Crippen LogP contribution in [-0.2, 0) is 0 Å². The smallest absolute Gasteiger partial charge is 0.252 e. The van der Waals surface area contributed by atoms with Crippen molar-refractivity contribution in [2.24, 2.45) is 0 Å². The van der Waals surface area contributed by atoms with Gasteiger partial charge in [0, 0.05) is 36.6 Å². The third kappa shape index (κ3) is 3.85. The number of nitrogens with one attached hydrogen (secondary N) is 2. The molecular weight excluding hydrogens is 350 g/mol. The Morgan fingerprint density at radius 1 is 1.18 bits per heavy atom. The highest BCUT2D eigenvalue weighted by molar-refractivity contribution is 6.05. The molecule has 1 aliphatic heterocycles. The number of rotatable bonds is 5. The summed E-state index contributed by atoms with van der Waals surface area (Å²) >= 11 is 0. The lowest BCUT2D eigenvalue weighted by Gasteiger charge is -2.17. The lowest BCUT2D eigenvalue weighted by molar-refractivity contribution is 0.0951. The Hall–Kier alpha value is -2.92. The Balaban J connectivity index is 1.36. The molecule has 2 aromatic carbocycles. The number of pyridine rings is 1. The summed E-state index contributed by atoms with van der Waals surface area (Å²) in [5.74, 6) is 0.366. The minimum Gasteiger partial charge on any atom is -0.351 e. The maximum atomic E-state index is 12.6. The lowest BCUT2D eigenvalue weighted by atomic mass is 9.94. The average molecular weight is 375 g/mol. The van der Waals surface area contributed by atoms with E-state index in [9.17, 15) is 9.59 Å². The number of nitrogens with zero attached hydrogens (tertiary/aromatic N) is 1. The molecule has 3 aromatic rings. The molecular formula is C23H25N3O2. The SMILES string of the molecule is Cc1ccccc1[C@H]1CCN(CCNC(=O)c2cc(=O)[nH]c3ccccc23)C1. The van der Waals surface area contributed by atoms with Gasteiger partial charge in [-0.2, -0.15) is 0 Å². The molecule has 1 aliphatic rings. The third-order valence-electron chi connectivity index (χ3n) is 5.61. The summed E-state index contributed by atoms with van der Waals surface area (Å²) in [6.07, 6.45) is 1.15. The van der Waals surface area contributed by atoms with Crippen LogP contribution < -0.4 is 10.9 Å². The molecule has 0 spiro atoms. The molecule has 5 nitrogen and oxygen atoms in total. The first kappa shape index (κ1) is 18.4. The lowest BCUT2D eigenvalue weighted by Crippen LogP contribution is -2.34. The second-order valence-corrected chi connectivity index (χ2v) is 7.49. The molecule has 0 unspecified atom stereocenters. The van der Waals surface area contributed by atoms with E-state index in [-0.39, 0.29) is 11.5 Å². The van der Waals surface area contributed by atoms with Gasteiger partial charge in [0.05, 0.1) is 5.56 Å². The minimum atomic E-state index is -0.260. The first-order chi connectivity index (χ1) is 13.6. The van der Waals surface area contributed by atoms with Crippen molar-refractivity contribution in [3.63, 3.8) is 0 Å². The van der Waals surface area contributed by atoms with Crippen LogP contribution in [0.3, 0.4) is 0 Å². The van der Waals surface area contributed by atoms with Crippen molar-refractivity contribution in [1.29, 1.82) is 0 Å². The molecule has 1 aromatic heterocycles. The second-order valence-electron chi connectivity index (χ2n) is 7.49. The number of hydrogen-bond acceptors (Lipinski definition) is 3. The molecule has 0 radical (unpaired) electrons. The van der Waals surface area contributed by atoms with Crippen LogP contribution >= 0.6 is 0 Å². The Labute approximate surface area is 164 Å². The maximum absolute atomic E-state index is 12.6. The van der Waals surface area contributed by atoms with Crippen LogP contribution in [0.4, 0.5) is 0 Å². The number of likely N-dealkylation sites (tertiary alicyclic amines) is 1. The van der Waals surface area contributed by atoms with Gasteiger partial charge >= 0.3 is 0 Å². The zero-order valence-electron chi connectivity index (χ0n) is 16.1. The van der Waals surface area contributed by atoms with E-state index in [4.69, 9.17) is 0 Å². The Bertz CT molecular complexity index is 1060. The third-order valence-corrected chi connectivity index (χ3v) is 5.61. The molecule has 144 valence electrons. The van der Waals surface area contributed by atoms with Gasteiger partial charge in [0.2, 0.25) is 5.56 Å². The number of H-pyrrole nitrogens is 1. The molecule has 28 heavy (non-hydrogen) atoms. The fraction of sp³-hybridized carbons (Fsp3) is 0.304. The van der Waals surface area contributed by atoms with E-state index < -0.39 is 0 Å². The number of hydrogen-bond donors (Lipinski definition) is 2. The molecule has 2 N–H and O–H groups in total. The van der Waals surface area contributed by atoms with Crippen LogP contribution in [0, 0.1) is 6.92 Å². The van der Waals surface area contributed by atoms with Crippen molar-refractivity contribution in [3.8, 4) is 0 Å². The average Bonchev–Trinajstić information content (AvgIpc) is 3.16. The van der Waals surface area contributed by atoms with Gasteiger partial charge in [-0.1, -0.05) is 42.5 Å². The zero-order chi connectivity index (χ0) is 19.5. The summed E-state index contributed by atoms with van der Waals surface area (Å²) in [7, 11) is 0. The number of aryl methyl sites for hydroxylation is 1. The molecule has 1 atom stereocenters. The summed E-state index contributed by atoms with van der Waals surface area (Å²) < 4.78 is 0. The Kier molecular flexibility index (Phi) is 5.26. The largest absolute Gasteiger partial charge is 0.351 e. The van der Waals surface area contributed by atoms with Crippen LogP contribution in [0.1, 0.15) is 33.8 Å². The molecule has 2 heterocycles. The van der Waals surface area contributed by atoms with E-state index in [0.717, 1.165) is 31.4 Å². The van der Waals surface area contributed by atoms with Gasteiger partial charge in [0.1, 0.15) is 0 Å². The van der Waals surface area contributed by atoms with Crippen molar-refractivity contribution in [1.82, 2.24) is 15.2 Å². The van der Waals surface area contributed by atoms with Crippen LogP contribution in [0.15, 0.2) is 59.4 Å². The highest BCUT2D eigenvalue weighted by atomic mass is 16.2. The van der Waals surface area contributed by atoms with Gasteiger partial charge in [-0.3, -0.25) is 9.59 Å². The fourth-order valence-corrected chi connectivity index (χ4v) is 4.15. The van der Waals surface area contributed by atoms with Crippen LogP contribution in [0.2, 0.25) is 0 Å². The number of benzene rings is 2. The summed E-state index contributed by atoms with van der Waals surface area (Å²) in [6, 6.07) is 17.3. The number of aromatic amines is 1. The standard InChI is InChI=1S/C23H25N3O2/c1-16-6-2-3-7-18(16)17-10-12-26(15-17)13-11-24-23(28)20-14-22(27)25-21-9-5-4-8-19(20)21/h2-9,14,17H,10-13,15H2,1H3,(H,24,28)(H,25,27)/t17-/m0/s1. The molecule has 0 bridgehead atoms. The van der Waals surface area contributed by atoms with Crippen LogP contribution in [0.5, 0.6) is 0 Å². The second kappa shape index (κ2) is 7.98. The normalized spacial score (nSPS) is 17.1. The van der Waals surface area contributed by atoms with E-state index in [2.05, 4.69) is 46.4 Å². The molecule has 1 fully saturated rings. The van der Waals surface area contributed by atoms with Crippen molar-refractivity contribution >= 4 is 16.8 Å². The highest BCUT2D eigenvalue weighted by Crippen LogP contribution is 2.28. The van der Waals surface area contributed by atoms with E-state index in [1.165, 1.54) is 17.2 Å². The monoisotopic (exact) mass is 375 g/mol. The van der Waals surface area contributed by atoms with E-state index in [0.29, 0.717) is 23.5 Å². The number of amides is 1. The molecule has 4 rings (SSSR count). The Morgan fingerprint density at radius 2 is 1.96 bits per heavy atom. The number of carbonyl (C=O) groups is 1. The number of carbonyl (C=O) groups excluding carboxylic acids is 1. The van der Waals surface area contributed by atoms with E-state index >= 15 is 0 Å². The van der Waals surface area contributed by atoms with Gasteiger partial charge < -0.3 is 15.2 Å². The van der Waals surface area contributed by atoms with Gasteiger partial charge in [0.15, 0.2) is 0 Å². The van der Waals surface area contributed by atoms with Gasteiger partial charge in [0.25, 0.3) is 5.91 Å². The summed E-state index contributed by atoms with van der Waals surface area (Å²) in [5, 5.41) is 3.74. The molecule has 1 saturated heterocycles. The van der Waals surface area contributed by atoms with Gasteiger partial charge in [-0.25, -0.2) is 0 Å². The zero-order valence-corrected chi connectivity index (χ0v) is 16.1. The van der Waals surface area contributed by atoms with Gasteiger partial charge in [-0.05, 0) is 43.0 Å². The Morgan fingerprint density at radius 3 is 2.82 bits per heavy atom.